The smallest absolute Gasteiger partial charge is 0.305 e. The van der Waals surface area contributed by atoms with E-state index in [1.807, 2.05) is 0 Å². The molecule has 0 saturated heterocycles. The summed E-state index contributed by atoms with van der Waals surface area (Å²) in [5.41, 5.74) is 5.23. The largest absolute Gasteiger partial charge is 0.481 e. The number of aldehydes is 1. The van der Waals surface area contributed by atoms with Crippen LogP contribution in [0.15, 0.2) is 0 Å². The number of carbonyl (C=O) groups is 7. The quantitative estimate of drug-likeness (QED) is 0.0289. The summed E-state index contributed by atoms with van der Waals surface area (Å²) in [6.07, 6.45) is 10.5. The molecule has 16 heteroatoms. The predicted octanol–water partition coefficient (Wildman–Crippen LogP) is 2.33. The Morgan fingerprint density at radius 1 is 0.736 bits per heavy atom. The van der Waals surface area contributed by atoms with E-state index in [4.69, 9.17) is 20.3 Å². The van der Waals surface area contributed by atoms with Gasteiger partial charge >= 0.3 is 11.9 Å². The Morgan fingerprint density at radius 2 is 1.25 bits per heavy atom. The van der Waals surface area contributed by atoms with E-state index in [9.17, 15) is 43.8 Å². The first-order chi connectivity index (χ1) is 25.1. The van der Waals surface area contributed by atoms with E-state index in [2.05, 4.69) is 22.9 Å². The fraction of sp³-hybridized carbons (Fsp3) is 0.811. The van der Waals surface area contributed by atoms with E-state index in [1.165, 1.54) is 78.1 Å². The molecule has 8 N–H and O–H groups in total. The third-order valence-corrected chi connectivity index (χ3v) is 8.79. The molecule has 0 aliphatic rings. The summed E-state index contributed by atoms with van der Waals surface area (Å²) in [5.74, 6) is -5.22. The minimum absolute atomic E-state index is 0.118. The second kappa shape index (κ2) is 29.8. The monoisotopic (exact) mass is 758 g/mol. The molecule has 0 aliphatic carbocycles. The molecular weight excluding hydrogens is 692 g/mol. The predicted molar refractivity (Wildman–Crippen MR) is 196 cm³/mol. The summed E-state index contributed by atoms with van der Waals surface area (Å²) in [6.45, 7) is 5.17. The van der Waals surface area contributed by atoms with Crippen LogP contribution in [0.2, 0.25) is 0 Å². The van der Waals surface area contributed by atoms with E-state index in [0.717, 1.165) is 32.6 Å². The van der Waals surface area contributed by atoms with Crippen LogP contribution in [-0.2, 0) is 43.0 Å². The van der Waals surface area contributed by atoms with Crippen LogP contribution in [0, 0.1) is 0 Å². The van der Waals surface area contributed by atoms with Crippen LogP contribution >= 0.6 is 0 Å². The number of nitrogens with two attached hydrogens (primary N) is 1. The standard InChI is InChI=1S/C37H66N4O12/c1-5-6-7-8-9-10-11-12-13-14-15-16-17-18-19-20-32(47)52-24-30(44)33(48)34(29(23-42)40-27(4)43)53-26(3)37(51)39-25(2)36(50)41-28(35(38)49)21-22-31(45)46/h23,25-26,28-30,33-34,44,48H,5-22,24H2,1-4H3,(H2,38,49)(H,39,51)(H,40,43)(H,41,50)(H,45,46)/t25-,26+,28+,29-,30+,33+,34+/m0/s1. The Balaban J connectivity index is 4.82. The molecule has 0 saturated carbocycles. The number of carbonyl (C=O) groups excluding carboxylic acids is 6. The number of aliphatic carboxylic acids is 1. The molecule has 0 heterocycles. The molecular formula is C37H66N4O12. The minimum Gasteiger partial charge on any atom is -0.481 e. The number of unbranched alkanes of at least 4 members (excludes halogenated alkanes) is 14. The molecule has 0 unspecified atom stereocenters. The van der Waals surface area contributed by atoms with Crippen molar-refractivity contribution in [1.82, 2.24) is 16.0 Å². The van der Waals surface area contributed by atoms with Crippen molar-refractivity contribution in [3.8, 4) is 0 Å². The Morgan fingerprint density at radius 3 is 1.70 bits per heavy atom. The van der Waals surface area contributed by atoms with Gasteiger partial charge in [-0.3, -0.25) is 28.8 Å². The zero-order valence-corrected chi connectivity index (χ0v) is 32.1. The van der Waals surface area contributed by atoms with Gasteiger partial charge in [-0.1, -0.05) is 96.8 Å². The maximum absolute atomic E-state index is 12.9. The van der Waals surface area contributed by atoms with Gasteiger partial charge in [0.2, 0.25) is 23.6 Å². The third kappa shape index (κ3) is 24.3. The summed E-state index contributed by atoms with van der Waals surface area (Å²) in [7, 11) is 0. The molecule has 0 spiro atoms. The van der Waals surface area contributed by atoms with Crippen LogP contribution in [-0.4, -0.2) is 106 Å². The molecule has 16 nitrogen and oxygen atoms in total. The van der Waals surface area contributed by atoms with Gasteiger partial charge in [-0.05, 0) is 26.7 Å². The molecule has 0 radical (unpaired) electrons. The van der Waals surface area contributed by atoms with Gasteiger partial charge in [-0.15, -0.1) is 0 Å². The van der Waals surface area contributed by atoms with Crippen LogP contribution in [0.3, 0.4) is 0 Å². The lowest BCUT2D eigenvalue weighted by Crippen LogP contribution is -2.57. The first kappa shape index (κ1) is 49.4. The molecule has 0 aromatic carbocycles. The van der Waals surface area contributed by atoms with E-state index < -0.39 is 91.1 Å². The number of primary amides is 1. The van der Waals surface area contributed by atoms with Crippen molar-refractivity contribution in [2.45, 2.75) is 186 Å². The van der Waals surface area contributed by atoms with E-state index >= 15 is 0 Å². The number of aliphatic hydroxyl groups is 2. The summed E-state index contributed by atoms with van der Waals surface area (Å²) >= 11 is 0. The second-order valence-electron chi connectivity index (χ2n) is 13.7. The van der Waals surface area contributed by atoms with Crippen molar-refractivity contribution in [1.29, 1.82) is 0 Å². The zero-order chi connectivity index (χ0) is 40.2. The van der Waals surface area contributed by atoms with E-state index in [-0.39, 0.29) is 19.1 Å². The number of amides is 4. The number of carboxylic acid groups (broad SMARTS) is 1. The molecule has 53 heavy (non-hydrogen) atoms. The van der Waals surface area contributed by atoms with Crippen molar-refractivity contribution in [2.24, 2.45) is 5.73 Å². The fourth-order valence-corrected chi connectivity index (χ4v) is 5.56. The molecule has 7 atom stereocenters. The highest BCUT2D eigenvalue weighted by atomic mass is 16.5. The van der Waals surface area contributed by atoms with Crippen molar-refractivity contribution < 1.29 is 58.4 Å². The van der Waals surface area contributed by atoms with Crippen molar-refractivity contribution in [3.63, 3.8) is 0 Å². The normalized spacial score (nSPS) is 15.1. The molecule has 0 fully saturated rings. The van der Waals surface area contributed by atoms with Crippen LogP contribution in [0.5, 0.6) is 0 Å². The third-order valence-electron chi connectivity index (χ3n) is 8.79. The first-order valence-corrected chi connectivity index (χ1v) is 19.2. The molecule has 0 aromatic rings. The van der Waals surface area contributed by atoms with Gasteiger partial charge in [0.25, 0.3) is 0 Å². The van der Waals surface area contributed by atoms with Crippen LogP contribution in [0.1, 0.15) is 143 Å². The topological polar surface area (TPSA) is 261 Å². The van der Waals surface area contributed by atoms with Gasteiger partial charge in [0.15, 0.2) is 0 Å². The molecule has 306 valence electrons. The maximum Gasteiger partial charge on any atom is 0.305 e. The molecule has 0 aliphatic heterocycles. The molecule has 0 aromatic heterocycles. The zero-order valence-electron chi connectivity index (χ0n) is 32.1. The van der Waals surface area contributed by atoms with E-state index in [0.29, 0.717) is 6.42 Å². The van der Waals surface area contributed by atoms with Crippen LogP contribution < -0.4 is 21.7 Å². The first-order valence-electron chi connectivity index (χ1n) is 19.2. The lowest BCUT2D eigenvalue weighted by molar-refractivity contribution is -0.164. The van der Waals surface area contributed by atoms with Crippen molar-refractivity contribution in [3.05, 3.63) is 0 Å². The lowest BCUT2D eigenvalue weighted by Gasteiger charge is -2.32. The number of carboxylic acids is 1. The summed E-state index contributed by atoms with van der Waals surface area (Å²) < 4.78 is 10.7. The molecule has 0 rings (SSSR count). The highest BCUT2D eigenvalue weighted by molar-refractivity contribution is 5.92. The summed E-state index contributed by atoms with van der Waals surface area (Å²) in [4.78, 5) is 83.8. The van der Waals surface area contributed by atoms with Crippen LogP contribution in [0.4, 0.5) is 0 Å². The molecule has 0 bridgehead atoms. The average Bonchev–Trinajstić information content (AvgIpc) is 3.10. The molecule has 4 amide bonds. The number of hydrogen-bond donors (Lipinski definition) is 7. The summed E-state index contributed by atoms with van der Waals surface area (Å²) in [5, 5.41) is 37.2. The van der Waals surface area contributed by atoms with Crippen LogP contribution in [0.25, 0.3) is 0 Å². The average molecular weight is 759 g/mol. The van der Waals surface area contributed by atoms with E-state index in [1.54, 1.807) is 0 Å². The Kier molecular flexibility index (Phi) is 27.7. The number of rotatable bonds is 33. The summed E-state index contributed by atoms with van der Waals surface area (Å²) in [6, 6.07) is -4.11. The second-order valence-corrected chi connectivity index (χ2v) is 13.7. The van der Waals surface area contributed by atoms with Gasteiger partial charge in [-0.2, -0.15) is 0 Å². The Labute approximate surface area is 314 Å². The number of esters is 1. The number of ether oxygens (including phenoxy) is 2. The van der Waals surface area contributed by atoms with Gasteiger partial charge in [0.05, 0.1) is 0 Å². The Bertz CT molecular complexity index is 1110. The lowest BCUT2D eigenvalue weighted by atomic mass is 10.0. The van der Waals surface area contributed by atoms with Gasteiger partial charge in [0.1, 0.15) is 55.4 Å². The van der Waals surface area contributed by atoms with Gasteiger partial charge in [0, 0.05) is 19.8 Å². The van der Waals surface area contributed by atoms with Crippen molar-refractivity contribution >= 4 is 41.9 Å². The Hall–Kier alpha value is -3.63. The number of hydrogen-bond acceptors (Lipinski definition) is 11. The highest BCUT2D eigenvalue weighted by Crippen LogP contribution is 2.16. The number of nitrogens with one attached hydrogen (secondary N) is 3. The highest BCUT2D eigenvalue weighted by Gasteiger charge is 2.38. The fourth-order valence-electron chi connectivity index (χ4n) is 5.56. The SMILES string of the molecule is CCCCCCCCCCCCCCCCCC(=O)OC[C@@H](O)[C@@H](O)[C@H](O[C@H](C)C(=O)N[C@@H](C)C(=O)N[C@H](CCC(=O)O)C(N)=O)[C@H](C=O)NC(C)=O. The number of aliphatic hydroxyl groups excluding tert-OH is 2. The van der Waals surface area contributed by atoms with Crippen molar-refractivity contribution in [2.75, 3.05) is 6.61 Å². The van der Waals surface area contributed by atoms with Gasteiger partial charge < -0.3 is 51.3 Å². The van der Waals surface area contributed by atoms with Gasteiger partial charge in [-0.25, -0.2) is 0 Å². The minimum atomic E-state index is -1.92. The maximum atomic E-state index is 12.9.